The number of hydrogen-bond donors (Lipinski definition) is 4. The third kappa shape index (κ3) is 6.10. The van der Waals surface area contributed by atoms with Crippen LogP contribution in [0.15, 0.2) is 0 Å². The zero-order valence-corrected chi connectivity index (χ0v) is 9.03. The number of nitrogens with two attached hydrogens (primary N) is 1. The molecule has 0 aromatic carbocycles. The Morgan fingerprint density at radius 1 is 1.25 bits per heavy atom. The molecule has 0 bridgehead atoms. The Morgan fingerprint density at radius 2 is 1.69 bits per heavy atom. The number of nitrogens with one attached hydrogen (secondary N) is 3. The molecule has 0 heterocycles. The van der Waals surface area contributed by atoms with Gasteiger partial charge < -0.3 is 16.4 Å². The van der Waals surface area contributed by atoms with Crippen LogP contribution in [0.2, 0.25) is 0 Å². The minimum atomic E-state index is -4.44. The highest BCUT2D eigenvalue weighted by molar-refractivity contribution is 5.84. The standard InChI is InChI=1S/C8H15F3N4O/c1-7(2,5(12)13)3-14-6(16)15-4-8(9,10)11/h3-4H2,1-2H3,(H3,12,13)(H2,14,15,16). The summed E-state index contributed by atoms with van der Waals surface area (Å²) < 4.78 is 35.2. The van der Waals surface area contributed by atoms with Gasteiger partial charge in [0.15, 0.2) is 0 Å². The van der Waals surface area contributed by atoms with E-state index in [1.165, 1.54) is 0 Å². The molecule has 5 N–H and O–H groups in total. The molecule has 0 aromatic rings. The second-order valence-corrected chi connectivity index (χ2v) is 3.95. The topological polar surface area (TPSA) is 91.0 Å². The van der Waals surface area contributed by atoms with Crippen molar-refractivity contribution >= 4 is 11.9 Å². The van der Waals surface area contributed by atoms with Gasteiger partial charge in [-0.3, -0.25) is 5.41 Å². The molecule has 0 spiro atoms. The average Bonchev–Trinajstić information content (AvgIpc) is 2.10. The first-order chi connectivity index (χ1) is 7.04. The first kappa shape index (κ1) is 14.5. The minimum absolute atomic E-state index is 0.00791. The van der Waals surface area contributed by atoms with Crippen molar-refractivity contribution in [1.29, 1.82) is 5.41 Å². The summed E-state index contributed by atoms with van der Waals surface area (Å²) in [6.45, 7) is 1.80. The maximum atomic E-state index is 11.7. The summed E-state index contributed by atoms with van der Waals surface area (Å²) in [6.07, 6.45) is -4.44. The van der Waals surface area contributed by atoms with Gasteiger partial charge in [-0.2, -0.15) is 13.2 Å². The van der Waals surface area contributed by atoms with Gasteiger partial charge in [-0.25, -0.2) is 4.79 Å². The Bertz CT molecular complexity index is 275. The van der Waals surface area contributed by atoms with Crippen LogP contribution in [0.25, 0.3) is 0 Å². The molecule has 0 aliphatic rings. The van der Waals surface area contributed by atoms with Crippen molar-refractivity contribution in [3.63, 3.8) is 0 Å². The first-order valence-corrected chi connectivity index (χ1v) is 4.47. The smallest absolute Gasteiger partial charge is 0.387 e. The minimum Gasteiger partial charge on any atom is -0.387 e. The van der Waals surface area contributed by atoms with E-state index in [-0.39, 0.29) is 12.4 Å². The number of amides is 2. The second-order valence-electron chi connectivity index (χ2n) is 3.95. The summed E-state index contributed by atoms with van der Waals surface area (Å²) >= 11 is 0. The van der Waals surface area contributed by atoms with Gasteiger partial charge in [0.25, 0.3) is 0 Å². The molecule has 0 atom stereocenters. The number of amidine groups is 1. The molecule has 0 saturated carbocycles. The fourth-order valence-corrected chi connectivity index (χ4v) is 0.639. The SMILES string of the molecule is CC(C)(CNC(=O)NCC(F)(F)F)C(=N)N. The van der Waals surface area contributed by atoms with Crippen molar-refractivity contribution in [2.45, 2.75) is 20.0 Å². The number of carbonyl (C=O) groups is 1. The maximum Gasteiger partial charge on any atom is 0.405 e. The van der Waals surface area contributed by atoms with Crippen LogP contribution in [0.3, 0.4) is 0 Å². The van der Waals surface area contributed by atoms with Gasteiger partial charge in [0.2, 0.25) is 0 Å². The summed E-state index contributed by atoms with van der Waals surface area (Å²) in [5.41, 5.74) is 4.45. The molecule has 0 aromatic heterocycles. The largest absolute Gasteiger partial charge is 0.405 e. The predicted octanol–water partition coefficient (Wildman–Crippen LogP) is 0.810. The number of carbonyl (C=O) groups excluding carboxylic acids is 1. The van der Waals surface area contributed by atoms with E-state index in [0.29, 0.717) is 0 Å². The van der Waals surface area contributed by atoms with Crippen LogP contribution in [-0.4, -0.2) is 31.1 Å². The zero-order valence-electron chi connectivity index (χ0n) is 9.03. The highest BCUT2D eigenvalue weighted by atomic mass is 19.4. The molecule has 0 rings (SSSR count). The van der Waals surface area contributed by atoms with Crippen molar-refractivity contribution in [2.75, 3.05) is 13.1 Å². The molecule has 16 heavy (non-hydrogen) atoms. The van der Waals surface area contributed by atoms with Gasteiger partial charge >= 0.3 is 12.2 Å². The summed E-state index contributed by atoms with van der Waals surface area (Å²) in [4.78, 5) is 10.9. The lowest BCUT2D eigenvalue weighted by atomic mass is 9.92. The third-order valence-electron chi connectivity index (χ3n) is 1.87. The van der Waals surface area contributed by atoms with E-state index in [2.05, 4.69) is 5.32 Å². The van der Waals surface area contributed by atoms with Crippen LogP contribution in [0.1, 0.15) is 13.8 Å². The third-order valence-corrected chi connectivity index (χ3v) is 1.87. The van der Waals surface area contributed by atoms with E-state index in [4.69, 9.17) is 11.1 Å². The molecular formula is C8H15F3N4O. The van der Waals surface area contributed by atoms with Gasteiger partial charge in [-0.15, -0.1) is 0 Å². The summed E-state index contributed by atoms with van der Waals surface area (Å²) in [5.74, 6) is -0.149. The first-order valence-electron chi connectivity index (χ1n) is 4.47. The zero-order chi connectivity index (χ0) is 13.0. The molecule has 2 amide bonds. The number of alkyl halides is 3. The fourth-order valence-electron chi connectivity index (χ4n) is 0.639. The van der Waals surface area contributed by atoms with Crippen LogP contribution in [0.4, 0.5) is 18.0 Å². The molecule has 5 nitrogen and oxygen atoms in total. The van der Waals surface area contributed by atoms with Gasteiger partial charge in [-0.1, -0.05) is 13.8 Å². The summed E-state index contributed by atoms with van der Waals surface area (Å²) in [6, 6.07) is -0.938. The lowest BCUT2D eigenvalue weighted by Crippen LogP contribution is -2.47. The normalized spacial score (nSPS) is 12.1. The van der Waals surface area contributed by atoms with Gasteiger partial charge in [0.05, 0.1) is 5.84 Å². The number of urea groups is 1. The molecule has 0 aliphatic heterocycles. The molecule has 0 fully saturated rings. The van der Waals surface area contributed by atoms with Crippen molar-refractivity contribution in [3.05, 3.63) is 0 Å². The van der Waals surface area contributed by atoms with E-state index in [9.17, 15) is 18.0 Å². The molecule has 0 radical (unpaired) electrons. The van der Waals surface area contributed by atoms with Crippen LogP contribution in [0.5, 0.6) is 0 Å². The quantitative estimate of drug-likeness (QED) is 0.432. The van der Waals surface area contributed by atoms with E-state index < -0.39 is 24.2 Å². The second kappa shape index (κ2) is 5.04. The van der Waals surface area contributed by atoms with Crippen molar-refractivity contribution in [2.24, 2.45) is 11.1 Å². The number of rotatable bonds is 4. The van der Waals surface area contributed by atoms with Crippen LogP contribution in [-0.2, 0) is 0 Å². The predicted molar refractivity (Wildman–Crippen MR) is 53.2 cm³/mol. The van der Waals surface area contributed by atoms with Crippen molar-refractivity contribution in [1.82, 2.24) is 10.6 Å². The average molecular weight is 240 g/mol. The molecule has 0 saturated heterocycles. The summed E-state index contributed by atoms with van der Waals surface area (Å²) in [7, 11) is 0. The van der Waals surface area contributed by atoms with Gasteiger partial charge in [0.1, 0.15) is 6.54 Å². The molecule has 0 aliphatic carbocycles. The Hall–Kier alpha value is -1.47. The Kier molecular flexibility index (Phi) is 4.58. The van der Waals surface area contributed by atoms with Crippen LogP contribution < -0.4 is 16.4 Å². The molecule has 0 unspecified atom stereocenters. The molecular weight excluding hydrogens is 225 g/mol. The lowest BCUT2D eigenvalue weighted by Gasteiger charge is -2.23. The highest BCUT2D eigenvalue weighted by Crippen LogP contribution is 2.13. The Labute approximate surface area is 91.1 Å². The van der Waals surface area contributed by atoms with E-state index in [0.717, 1.165) is 0 Å². The van der Waals surface area contributed by atoms with Crippen LogP contribution >= 0.6 is 0 Å². The monoisotopic (exact) mass is 240 g/mol. The van der Waals surface area contributed by atoms with Crippen LogP contribution in [0, 0.1) is 10.8 Å². The molecule has 94 valence electrons. The lowest BCUT2D eigenvalue weighted by molar-refractivity contribution is -0.122. The van der Waals surface area contributed by atoms with E-state index >= 15 is 0 Å². The number of hydrogen-bond acceptors (Lipinski definition) is 2. The van der Waals surface area contributed by atoms with Gasteiger partial charge in [0, 0.05) is 12.0 Å². The Balaban J connectivity index is 3.96. The number of halogens is 3. The summed E-state index contributed by atoms with van der Waals surface area (Å²) in [5, 5.41) is 11.0. The Morgan fingerprint density at radius 3 is 2.06 bits per heavy atom. The maximum absolute atomic E-state index is 11.7. The van der Waals surface area contributed by atoms with Gasteiger partial charge in [-0.05, 0) is 0 Å². The van der Waals surface area contributed by atoms with Crippen molar-refractivity contribution < 1.29 is 18.0 Å². The molecule has 8 heteroatoms. The fraction of sp³-hybridized carbons (Fsp3) is 0.750. The van der Waals surface area contributed by atoms with E-state index in [1.54, 1.807) is 19.2 Å². The highest BCUT2D eigenvalue weighted by Gasteiger charge is 2.28. The van der Waals surface area contributed by atoms with Crippen molar-refractivity contribution in [3.8, 4) is 0 Å². The van der Waals surface area contributed by atoms with E-state index in [1.807, 2.05) is 0 Å².